The summed E-state index contributed by atoms with van der Waals surface area (Å²) in [5.41, 5.74) is 2.45. The molecule has 1 unspecified atom stereocenters. The molecule has 0 radical (unpaired) electrons. The fourth-order valence-electron chi connectivity index (χ4n) is 3.59. The highest BCUT2D eigenvalue weighted by Crippen LogP contribution is 2.39. The average molecular weight is 275 g/mol. The van der Waals surface area contributed by atoms with Crippen LogP contribution in [-0.2, 0) is 17.9 Å². The van der Waals surface area contributed by atoms with Gasteiger partial charge in [-0.3, -0.25) is 0 Å². The predicted octanol–water partition coefficient (Wildman–Crippen LogP) is 2.76. The molecule has 1 atom stereocenters. The molecule has 3 nitrogen and oxygen atoms in total. The molecule has 1 aliphatic carbocycles. The van der Waals surface area contributed by atoms with Gasteiger partial charge in [-0.05, 0) is 36.8 Å². The third-order valence-corrected chi connectivity index (χ3v) is 4.81. The summed E-state index contributed by atoms with van der Waals surface area (Å²) in [4.78, 5) is 0. The molecule has 1 aliphatic heterocycles. The molecule has 2 N–H and O–H groups in total. The van der Waals surface area contributed by atoms with Crippen LogP contribution in [0.3, 0.4) is 0 Å². The van der Waals surface area contributed by atoms with Crippen molar-refractivity contribution in [3.8, 4) is 0 Å². The summed E-state index contributed by atoms with van der Waals surface area (Å²) in [5, 5.41) is 12.7. The van der Waals surface area contributed by atoms with Gasteiger partial charge in [-0.2, -0.15) is 0 Å². The van der Waals surface area contributed by atoms with Crippen molar-refractivity contribution in [3.63, 3.8) is 0 Å². The number of rotatable bonds is 4. The van der Waals surface area contributed by atoms with Crippen LogP contribution in [0, 0.1) is 0 Å². The molecule has 1 aromatic rings. The van der Waals surface area contributed by atoms with Crippen LogP contribution in [0.15, 0.2) is 24.3 Å². The lowest BCUT2D eigenvalue weighted by Gasteiger charge is -2.38. The van der Waals surface area contributed by atoms with Gasteiger partial charge >= 0.3 is 0 Å². The Balaban J connectivity index is 1.52. The van der Waals surface area contributed by atoms with E-state index in [4.69, 9.17) is 9.84 Å². The standard InChI is InChI=1S/C17H25NO2/c19-13-15-5-3-14(4-6-15)12-18-16-7-10-20-17(11-16)8-1-2-9-17/h3-6,16,18-19H,1-2,7-13H2. The molecule has 20 heavy (non-hydrogen) atoms. The third kappa shape index (κ3) is 3.22. The molecular formula is C17H25NO2. The topological polar surface area (TPSA) is 41.5 Å². The minimum absolute atomic E-state index is 0.121. The van der Waals surface area contributed by atoms with Crippen molar-refractivity contribution in [1.82, 2.24) is 5.32 Å². The van der Waals surface area contributed by atoms with Gasteiger partial charge in [-0.25, -0.2) is 0 Å². The second kappa shape index (κ2) is 6.25. The highest BCUT2D eigenvalue weighted by atomic mass is 16.5. The van der Waals surface area contributed by atoms with E-state index in [0.29, 0.717) is 6.04 Å². The zero-order valence-corrected chi connectivity index (χ0v) is 12.1. The Kier molecular flexibility index (Phi) is 4.39. The molecule has 1 saturated carbocycles. The van der Waals surface area contributed by atoms with Gasteiger partial charge in [-0.1, -0.05) is 37.1 Å². The molecular weight excluding hydrogens is 250 g/mol. The number of nitrogens with one attached hydrogen (secondary N) is 1. The van der Waals surface area contributed by atoms with Gasteiger partial charge in [0.15, 0.2) is 0 Å². The lowest BCUT2D eigenvalue weighted by Crippen LogP contribution is -2.45. The van der Waals surface area contributed by atoms with Crippen LogP contribution in [0.5, 0.6) is 0 Å². The maximum atomic E-state index is 9.05. The fourth-order valence-corrected chi connectivity index (χ4v) is 3.59. The fraction of sp³-hybridized carbons (Fsp3) is 0.647. The predicted molar refractivity (Wildman–Crippen MR) is 79.4 cm³/mol. The Morgan fingerprint density at radius 1 is 1.15 bits per heavy atom. The largest absolute Gasteiger partial charge is 0.392 e. The number of aliphatic hydroxyl groups is 1. The maximum Gasteiger partial charge on any atom is 0.0697 e. The number of hydrogen-bond acceptors (Lipinski definition) is 3. The first-order valence-electron chi connectivity index (χ1n) is 7.86. The summed E-state index contributed by atoms with van der Waals surface area (Å²) < 4.78 is 6.07. The van der Waals surface area contributed by atoms with Gasteiger partial charge in [-0.15, -0.1) is 0 Å². The number of hydrogen-bond donors (Lipinski definition) is 2. The molecule has 3 rings (SSSR count). The molecule has 110 valence electrons. The van der Waals surface area contributed by atoms with Crippen LogP contribution in [0.2, 0.25) is 0 Å². The van der Waals surface area contributed by atoms with Crippen LogP contribution in [-0.4, -0.2) is 23.4 Å². The Labute approximate surface area is 121 Å². The SMILES string of the molecule is OCc1ccc(CNC2CCOC3(CCCC3)C2)cc1. The Hall–Kier alpha value is -0.900. The third-order valence-electron chi connectivity index (χ3n) is 4.81. The van der Waals surface area contributed by atoms with Crippen LogP contribution < -0.4 is 5.32 Å². The monoisotopic (exact) mass is 275 g/mol. The normalized spacial score (nSPS) is 25.1. The van der Waals surface area contributed by atoms with Gasteiger partial charge in [0, 0.05) is 19.2 Å². The van der Waals surface area contributed by atoms with Crippen molar-refractivity contribution in [2.24, 2.45) is 0 Å². The van der Waals surface area contributed by atoms with Crippen LogP contribution in [0.1, 0.15) is 49.7 Å². The van der Waals surface area contributed by atoms with E-state index < -0.39 is 0 Å². The summed E-state index contributed by atoms with van der Waals surface area (Å²) in [5.74, 6) is 0. The second-order valence-electron chi connectivity index (χ2n) is 6.28. The van der Waals surface area contributed by atoms with Gasteiger partial charge in [0.2, 0.25) is 0 Å². The molecule has 1 heterocycles. The van der Waals surface area contributed by atoms with E-state index in [1.165, 1.54) is 37.7 Å². The first-order valence-corrected chi connectivity index (χ1v) is 7.86. The van der Waals surface area contributed by atoms with E-state index in [1.807, 2.05) is 12.1 Å². The molecule has 0 amide bonds. The van der Waals surface area contributed by atoms with Crippen molar-refractivity contribution in [2.75, 3.05) is 6.61 Å². The molecule has 1 spiro atoms. The zero-order valence-electron chi connectivity index (χ0n) is 12.1. The minimum Gasteiger partial charge on any atom is -0.392 e. The molecule has 2 fully saturated rings. The van der Waals surface area contributed by atoms with Crippen molar-refractivity contribution < 1.29 is 9.84 Å². The molecule has 1 saturated heterocycles. The van der Waals surface area contributed by atoms with Gasteiger partial charge in [0.25, 0.3) is 0 Å². The second-order valence-corrected chi connectivity index (χ2v) is 6.28. The van der Waals surface area contributed by atoms with Crippen molar-refractivity contribution >= 4 is 0 Å². The average Bonchev–Trinajstić information content (AvgIpc) is 2.93. The van der Waals surface area contributed by atoms with E-state index in [0.717, 1.165) is 25.1 Å². The first-order chi connectivity index (χ1) is 9.80. The number of aliphatic hydroxyl groups excluding tert-OH is 1. The highest BCUT2D eigenvalue weighted by Gasteiger charge is 2.39. The lowest BCUT2D eigenvalue weighted by molar-refractivity contribution is -0.0837. The Morgan fingerprint density at radius 3 is 2.55 bits per heavy atom. The highest BCUT2D eigenvalue weighted by molar-refractivity contribution is 5.21. The maximum absolute atomic E-state index is 9.05. The quantitative estimate of drug-likeness (QED) is 0.888. The van der Waals surface area contributed by atoms with Crippen molar-refractivity contribution in [3.05, 3.63) is 35.4 Å². The molecule has 0 bridgehead atoms. The van der Waals surface area contributed by atoms with E-state index in [9.17, 15) is 0 Å². The molecule has 3 heteroatoms. The summed E-state index contributed by atoms with van der Waals surface area (Å²) in [7, 11) is 0. The molecule has 1 aromatic carbocycles. The number of benzene rings is 1. The van der Waals surface area contributed by atoms with E-state index in [-0.39, 0.29) is 12.2 Å². The summed E-state index contributed by atoms with van der Waals surface area (Å²) >= 11 is 0. The summed E-state index contributed by atoms with van der Waals surface area (Å²) in [6.07, 6.45) is 7.44. The van der Waals surface area contributed by atoms with Gasteiger partial charge < -0.3 is 15.2 Å². The van der Waals surface area contributed by atoms with Crippen molar-refractivity contribution in [1.29, 1.82) is 0 Å². The summed E-state index contributed by atoms with van der Waals surface area (Å²) in [6, 6.07) is 8.78. The van der Waals surface area contributed by atoms with Crippen LogP contribution in [0.25, 0.3) is 0 Å². The van der Waals surface area contributed by atoms with E-state index >= 15 is 0 Å². The zero-order chi connectivity index (χ0) is 13.8. The van der Waals surface area contributed by atoms with Crippen molar-refractivity contribution in [2.45, 2.75) is 63.3 Å². The van der Waals surface area contributed by atoms with Gasteiger partial charge in [0.1, 0.15) is 0 Å². The first kappa shape index (κ1) is 14.1. The lowest BCUT2D eigenvalue weighted by atomic mass is 9.89. The van der Waals surface area contributed by atoms with E-state index in [2.05, 4.69) is 17.4 Å². The van der Waals surface area contributed by atoms with E-state index in [1.54, 1.807) is 0 Å². The molecule has 2 aliphatic rings. The number of ether oxygens (including phenoxy) is 1. The Bertz CT molecular complexity index is 423. The van der Waals surface area contributed by atoms with Crippen LogP contribution in [0.4, 0.5) is 0 Å². The van der Waals surface area contributed by atoms with Gasteiger partial charge in [0.05, 0.1) is 12.2 Å². The smallest absolute Gasteiger partial charge is 0.0697 e. The molecule has 0 aromatic heterocycles. The minimum atomic E-state index is 0.121. The van der Waals surface area contributed by atoms with Crippen LogP contribution >= 0.6 is 0 Å². The Morgan fingerprint density at radius 2 is 1.85 bits per heavy atom. The summed E-state index contributed by atoms with van der Waals surface area (Å²) in [6.45, 7) is 1.93.